The Morgan fingerprint density at radius 2 is 1.76 bits per heavy atom. The number of ketones is 1. The maximum absolute atomic E-state index is 13.1. The largest absolute Gasteiger partial charge is 0.507 e. The first kappa shape index (κ1) is 25.2. The van der Waals surface area contributed by atoms with Crippen molar-refractivity contribution in [2.45, 2.75) is 32.2 Å². The number of benzene rings is 2. The molecule has 1 N–H and O–H groups in total. The topological polar surface area (TPSA) is 70.1 Å². The van der Waals surface area contributed by atoms with Crippen LogP contribution < -0.4 is 4.74 Å². The summed E-state index contributed by atoms with van der Waals surface area (Å²) in [5.74, 6) is -0.429. The number of nitrogens with zero attached hydrogens (tertiary/aromatic N) is 2. The van der Waals surface area contributed by atoms with Crippen LogP contribution in [0.3, 0.4) is 0 Å². The molecular formula is C28H34N2O4. The number of likely N-dealkylation sites (tertiary alicyclic amines) is 1. The number of aliphatic hydroxyl groups is 1. The number of hydrogen-bond acceptors (Lipinski definition) is 5. The molecule has 2 aromatic rings. The average Bonchev–Trinajstić information content (AvgIpc) is 3.07. The predicted octanol–water partition coefficient (Wildman–Crippen LogP) is 4.75. The Balaban J connectivity index is 2.03. The summed E-state index contributed by atoms with van der Waals surface area (Å²) in [6.07, 6.45) is 2.37. The molecule has 1 aliphatic rings. The van der Waals surface area contributed by atoms with Crippen molar-refractivity contribution in [2.24, 2.45) is 0 Å². The first-order chi connectivity index (χ1) is 16.2. The summed E-state index contributed by atoms with van der Waals surface area (Å²) in [5.41, 5.74) is 2.55. The second-order valence-electron chi connectivity index (χ2n) is 9.09. The van der Waals surface area contributed by atoms with E-state index in [0.717, 1.165) is 18.5 Å². The molecule has 180 valence electrons. The molecule has 1 saturated heterocycles. The van der Waals surface area contributed by atoms with Gasteiger partial charge in [-0.05, 0) is 68.4 Å². The molecular weight excluding hydrogens is 428 g/mol. The van der Waals surface area contributed by atoms with E-state index in [0.29, 0.717) is 30.4 Å². The average molecular weight is 463 g/mol. The molecule has 6 nitrogen and oxygen atoms in total. The molecule has 0 bridgehead atoms. The molecule has 1 atom stereocenters. The van der Waals surface area contributed by atoms with Crippen molar-refractivity contribution in [1.82, 2.24) is 9.80 Å². The summed E-state index contributed by atoms with van der Waals surface area (Å²) in [5, 5.41) is 11.2. The fourth-order valence-electron chi connectivity index (χ4n) is 4.10. The highest BCUT2D eigenvalue weighted by Gasteiger charge is 2.45. The van der Waals surface area contributed by atoms with Crippen LogP contribution in [0, 0.1) is 0 Å². The number of carbonyl (C=O) groups is 2. The number of ether oxygens (including phenoxy) is 1. The van der Waals surface area contributed by atoms with Gasteiger partial charge >= 0.3 is 0 Å². The quantitative estimate of drug-likeness (QED) is 0.239. The highest BCUT2D eigenvalue weighted by Crippen LogP contribution is 2.40. The van der Waals surface area contributed by atoms with Gasteiger partial charge < -0.3 is 19.6 Å². The number of hydrogen-bond donors (Lipinski definition) is 1. The summed E-state index contributed by atoms with van der Waals surface area (Å²) in [6.45, 7) is 9.44. The molecule has 0 aromatic heterocycles. The molecule has 0 aliphatic carbocycles. The van der Waals surface area contributed by atoms with E-state index < -0.39 is 17.7 Å². The summed E-state index contributed by atoms with van der Waals surface area (Å²) in [4.78, 5) is 29.8. The molecule has 34 heavy (non-hydrogen) atoms. The van der Waals surface area contributed by atoms with Gasteiger partial charge in [-0.2, -0.15) is 0 Å². The second kappa shape index (κ2) is 11.2. The minimum absolute atomic E-state index is 0.118. The van der Waals surface area contributed by atoms with Crippen LogP contribution in [0.4, 0.5) is 0 Å². The highest BCUT2D eigenvalue weighted by molar-refractivity contribution is 6.46. The Kier molecular flexibility index (Phi) is 8.29. The third kappa shape index (κ3) is 5.57. The van der Waals surface area contributed by atoms with E-state index >= 15 is 0 Å². The summed E-state index contributed by atoms with van der Waals surface area (Å²) in [7, 11) is 3.94. The van der Waals surface area contributed by atoms with Gasteiger partial charge in [0.1, 0.15) is 18.1 Å². The highest BCUT2D eigenvalue weighted by atomic mass is 16.5. The van der Waals surface area contributed by atoms with E-state index in [9.17, 15) is 14.7 Å². The normalized spacial score (nSPS) is 17.6. The van der Waals surface area contributed by atoms with E-state index in [2.05, 4.69) is 20.4 Å². The molecule has 6 heteroatoms. The Bertz CT molecular complexity index is 1050. The van der Waals surface area contributed by atoms with Gasteiger partial charge in [0, 0.05) is 12.1 Å². The molecule has 1 fully saturated rings. The first-order valence-electron chi connectivity index (χ1n) is 11.6. The third-order valence-corrected chi connectivity index (χ3v) is 5.96. The van der Waals surface area contributed by atoms with Gasteiger partial charge in [0.15, 0.2) is 0 Å². The van der Waals surface area contributed by atoms with Crippen LogP contribution in [0.25, 0.3) is 5.76 Å². The molecule has 1 unspecified atom stereocenters. The van der Waals surface area contributed by atoms with Gasteiger partial charge in [-0.15, -0.1) is 0 Å². The summed E-state index contributed by atoms with van der Waals surface area (Å²) < 4.78 is 5.51. The van der Waals surface area contributed by atoms with Crippen LogP contribution in [0.1, 0.15) is 48.9 Å². The van der Waals surface area contributed by atoms with Crippen LogP contribution in [0.5, 0.6) is 5.75 Å². The van der Waals surface area contributed by atoms with Crippen molar-refractivity contribution < 1.29 is 19.4 Å². The van der Waals surface area contributed by atoms with E-state index in [1.165, 1.54) is 5.56 Å². The number of amides is 1. The fourth-order valence-corrected chi connectivity index (χ4v) is 4.10. The third-order valence-electron chi connectivity index (χ3n) is 5.96. The van der Waals surface area contributed by atoms with Crippen LogP contribution in [-0.2, 0) is 9.59 Å². The standard InChI is InChI=1S/C28H34N2O4/c1-6-18-34-23-14-12-22(13-15-23)26(31)24-25(21-10-8-20(9-11-21)19(2)3)30(28(33)27(24)32)17-7-16-29(4)5/h6,8-15,19,25,31H,1,7,16-18H2,2-5H3/b26-24-. The number of rotatable bonds is 10. The molecule has 2 aromatic carbocycles. The summed E-state index contributed by atoms with van der Waals surface area (Å²) >= 11 is 0. The van der Waals surface area contributed by atoms with E-state index in [1.54, 1.807) is 35.2 Å². The van der Waals surface area contributed by atoms with Crippen molar-refractivity contribution in [2.75, 3.05) is 33.8 Å². The van der Waals surface area contributed by atoms with Gasteiger partial charge in [0.2, 0.25) is 0 Å². The fraction of sp³-hybridized carbons (Fsp3) is 0.357. The number of aliphatic hydroxyl groups excluding tert-OH is 1. The molecule has 1 heterocycles. The molecule has 1 amide bonds. The second-order valence-corrected chi connectivity index (χ2v) is 9.09. The zero-order valence-electron chi connectivity index (χ0n) is 20.5. The van der Waals surface area contributed by atoms with Gasteiger partial charge in [-0.25, -0.2) is 0 Å². The van der Waals surface area contributed by atoms with Crippen molar-refractivity contribution in [3.05, 3.63) is 83.4 Å². The minimum Gasteiger partial charge on any atom is -0.507 e. The number of Topliss-reactive ketones (excluding diaryl/α,β-unsaturated/α-hetero) is 1. The lowest BCUT2D eigenvalue weighted by atomic mass is 9.93. The lowest BCUT2D eigenvalue weighted by Crippen LogP contribution is -2.32. The smallest absolute Gasteiger partial charge is 0.295 e. The van der Waals surface area contributed by atoms with Crippen LogP contribution in [-0.4, -0.2) is 60.4 Å². The molecule has 0 radical (unpaired) electrons. The van der Waals surface area contributed by atoms with Gasteiger partial charge in [0.05, 0.1) is 11.6 Å². The maximum Gasteiger partial charge on any atom is 0.295 e. The van der Waals surface area contributed by atoms with Crippen LogP contribution >= 0.6 is 0 Å². The molecule has 1 aliphatic heterocycles. The minimum atomic E-state index is -0.660. The van der Waals surface area contributed by atoms with Crippen molar-refractivity contribution in [1.29, 1.82) is 0 Å². The predicted molar refractivity (Wildman–Crippen MR) is 135 cm³/mol. The van der Waals surface area contributed by atoms with E-state index in [-0.39, 0.29) is 11.3 Å². The maximum atomic E-state index is 13.1. The van der Waals surface area contributed by atoms with Gasteiger partial charge in [0.25, 0.3) is 11.7 Å². The molecule has 3 rings (SSSR count). The van der Waals surface area contributed by atoms with Crippen molar-refractivity contribution in [3.63, 3.8) is 0 Å². The lowest BCUT2D eigenvalue weighted by molar-refractivity contribution is -0.139. The molecule has 0 spiro atoms. The van der Waals surface area contributed by atoms with Crippen molar-refractivity contribution >= 4 is 17.4 Å². The van der Waals surface area contributed by atoms with Crippen LogP contribution in [0.15, 0.2) is 66.8 Å². The van der Waals surface area contributed by atoms with Crippen LogP contribution in [0.2, 0.25) is 0 Å². The SMILES string of the molecule is C=CCOc1ccc(/C(O)=C2/C(=O)C(=O)N(CCCN(C)C)C2c2ccc(C(C)C)cc2)cc1. The lowest BCUT2D eigenvalue weighted by Gasteiger charge is -2.26. The van der Waals surface area contributed by atoms with E-state index in [4.69, 9.17) is 4.74 Å². The molecule has 0 saturated carbocycles. The summed E-state index contributed by atoms with van der Waals surface area (Å²) in [6, 6.07) is 14.1. The number of carbonyl (C=O) groups excluding carboxylic acids is 2. The zero-order chi connectivity index (χ0) is 24.8. The Labute approximate surface area is 202 Å². The Hall–Kier alpha value is -3.38. The first-order valence-corrected chi connectivity index (χ1v) is 11.6. The van der Waals surface area contributed by atoms with Gasteiger partial charge in [-0.3, -0.25) is 9.59 Å². The zero-order valence-corrected chi connectivity index (χ0v) is 20.5. The van der Waals surface area contributed by atoms with Crippen molar-refractivity contribution in [3.8, 4) is 5.75 Å². The Morgan fingerprint density at radius 3 is 2.32 bits per heavy atom. The van der Waals surface area contributed by atoms with E-state index in [1.807, 2.05) is 43.3 Å². The monoisotopic (exact) mass is 462 g/mol. The van der Waals surface area contributed by atoms with Gasteiger partial charge in [-0.1, -0.05) is 50.8 Å². The Morgan fingerprint density at radius 1 is 1.12 bits per heavy atom.